The van der Waals surface area contributed by atoms with Gasteiger partial charge in [0.1, 0.15) is 68.1 Å². The lowest BCUT2D eigenvalue weighted by molar-refractivity contribution is 0.390. The summed E-state index contributed by atoms with van der Waals surface area (Å²) in [7, 11) is 4.95. The summed E-state index contributed by atoms with van der Waals surface area (Å²) in [4.78, 5) is 0. The number of nitrogens with two attached hydrogens (primary N) is 4. The van der Waals surface area contributed by atoms with E-state index in [-0.39, 0.29) is 35.1 Å². The molecule has 24 heteroatoms. The number of halogens is 1. The second-order valence-electron chi connectivity index (χ2n) is 34.3. The molecule has 4 heterocycles. The van der Waals surface area contributed by atoms with E-state index in [2.05, 4.69) is 106 Å². The lowest BCUT2D eigenvalue weighted by atomic mass is 10.00. The summed E-state index contributed by atoms with van der Waals surface area (Å²) >= 11 is 0. The lowest BCUT2D eigenvalue weighted by Crippen LogP contribution is -2.27. The van der Waals surface area contributed by atoms with Crippen LogP contribution in [0.25, 0.3) is 45.8 Å². The number of unbranched alkanes of at least 4 members (excludes halogenated alkanes) is 32. The van der Waals surface area contributed by atoms with E-state index in [0.717, 1.165) is 129 Å². The average Bonchev–Trinajstić information content (AvgIpc) is 1.62. The van der Waals surface area contributed by atoms with E-state index in [4.69, 9.17) is 76.5 Å². The number of nitrogens with one attached hydrogen (secondary N) is 4. The van der Waals surface area contributed by atoms with Gasteiger partial charge >= 0.3 is 0 Å². The highest BCUT2D eigenvalue weighted by Crippen LogP contribution is 2.52. The van der Waals surface area contributed by atoms with E-state index in [0.29, 0.717) is 58.3 Å². The SMILES string of the molecule is CCCCCCCCCCCc1cc(-c2nnc(C3(C(=N)N)CC3)o2)c(OC)cc1OC.CCCCCCCCCCCc1ccc(C)c(-c2nnc(C3(C(=N)N)CC3)o2)c1.CCCCCCCCCCCc1ccc(F)c(-c2nnc(C3(C(=N)N)CC3)o2)c1.CCCCCCCCCCCc1ccc(OC)c(-c2nnc(C3(C(=N)N)CC3)o2)c1. The second-order valence-corrected chi connectivity index (χ2v) is 34.3. The zero-order valence-corrected chi connectivity index (χ0v) is 73.9. The Balaban J connectivity index is 0.000000182. The molecule has 12 N–H and O–H groups in total. The summed E-state index contributed by atoms with van der Waals surface area (Å²) in [5.41, 5.74) is 29.4. The van der Waals surface area contributed by atoms with Crippen LogP contribution >= 0.6 is 0 Å². The molecule has 4 aliphatic carbocycles. The first-order valence-electron chi connectivity index (χ1n) is 45.8. The fraction of sp³-hybridized carbons (Fsp3) is 0.625. The fourth-order valence-corrected chi connectivity index (χ4v) is 15.9. The summed E-state index contributed by atoms with van der Waals surface area (Å²) in [6, 6.07) is 21.7. The second kappa shape index (κ2) is 48.3. The molecule has 0 radical (unpaired) electrons. The molecule has 4 aliphatic rings. The molecule has 0 unspecified atom stereocenters. The number of amidine groups is 4. The maximum atomic E-state index is 14.4. The van der Waals surface area contributed by atoms with Crippen molar-refractivity contribution in [2.24, 2.45) is 22.9 Å². The number of hydrogen-bond acceptors (Lipinski definition) is 19. The molecule has 23 nitrogen and oxygen atoms in total. The van der Waals surface area contributed by atoms with Crippen LogP contribution in [-0.4, -0.2) is 85.5 Å². The van der Waals surface area contributed by atoms with Gasteiger partial charge in [0.2, 0.25) is 29.5 Å². The van der Waals surface area contributed by atoms with Crippen LogP contribution in [0.4, 0.5) is 4.39 Å². The van der Waals surface area contributed by atoms with Gasteiger partial charge in [-0.25, -0.2) is 4.39 Å². The molecule has 4 aromatic heterocycles. The number of ether oxygens (including phenoxy) is 3. The van der Waals surface area contributed by atoms with Crippen molar-refractivity contribution >= 4 is 23.3 Å². The number of rotatable bonds is 55. The van der Waals surface area contributed by atoms with Gasteiger partial charge in [-0.1, -0.05) is 257 Å². The molecule has 8 aromatic rings. The van der Waals surface area contributed by atoms with E-state index < -0.39 is 21.7 Å². The van der Waals surface area contributed by atoms with Gasteiger partial charge in [0.25, 0.3) is 17.7 Å². The van der Waals surface area contributed by atoms with Gasteiger partial charge in [-0.15, -0.1) is 40.8 Å². The number of aryl methyl sites for hydroxylation is 5. The van der Waals surface area contributed by atoms with E-state index in [1.807, 2.05) is 30.3 Å². The Morgan fingerprint density at radius 3 is 0.900 bits per heavy atom. The number of hydrogen-bond donors (Lipinski definition) is 8. The lowest BCUT2D eigenvalue weighted by Gasteiger charge is -2.13. The molecule has 0 saturated heterocycles. The molecule has 0 atom stereocenters. The molecule has 4 fully saturated rings. The number of nitrogens with zero attached hydrogens (tertiary/aromatic N) is 8. The van der Waals surface area contributed by atoms with E-state index in [9.17, 15) is 4.39 Å². The molecule has 0 spiro atoms. The third kappa shape index (κ3) is 27.1. The van der Waals surface area contributed by atoms with Gasteiger partial charge in [0, 0.05) is 11.6 Å². The zero-order valence-electron chi connectivity index (χ0n) is 73.9. The summed E-state index contributed by atoms with van der Waals surface area (Å²) in [6.07, 6.45) is 57.4. The highest BCUT2D eigenvalue weighted by molar-refractivity contribution is 5.93. The molecule has 12 rings (SSSR count). The monoisotopic (exact) mass is 1650 g/mol. The molecule has 0 bridgehead atoms. The third-order valence-electron chi connectivity index (χ3n) is 24.8. The Bertz CT molecular complexity index is 4310. The Kier molecular flexibility index (Phi) is 38.1. The van der Waals surface area contributed by atoms with Crippen molar-refractivity contribution in [3.8, 4) is 63.1 Å². The normalized spacial score (nSPS) is 14.6. The smallest absolute Gasteiger partial charge is 0.251 e. The van der Waals surface area contributed by atoms with Crippen LogP contribution in [0, 0.1) is 34.4 Å². The van der Waals surface area contributed by atoms with Gasteiger partial charge in [-0.3, -0.25) is 21.6 Å². The van der Waals surface area contributed by atoms with Crippen LogP contribution in [0.2, 0.25) is 0 Å². The first-order chi connectivity index (χ1) is 58.3. The highest BCUT2D eigenvalue weighted by Gasteiger charge is 2.55. The van der Waals surface area contributed by atoms with Crippen molar-refractivity contribution in [3.63, 3.8) is 0 Å². The van der Waals surface area contributed by atoms with Gasteiger partial charge in [-0.05, 0) is 174 Å². The molecule has 4 aromatic carbocycles. The standard InChI is InChI=1S/C25H38N4O3.C24H36N4O2.C24H36N4O.C23H33FN4O/c1-4-5-6-7-8-9-10-11-12-13-18-16-19(21(31-3)17-20(18)30-2)22-28-29-24(32-22)25(14-15-25)23(26)27;1-3-4-5-6-7-8-9-10-11-12-18-13-14-20(29-2)19(17-18)21-27-28-23(30-21)24(15-16-24)22(25)26;1-3-4-5-6-7-8-9-10-11-12-19-14-13-18(2)20(17-19)21-27-28-23(29-21)24(15-16-24)22(25)26;1-2-3-4-5-6-7-8-9-10-11-17-12-13-19(24)18(16-17)20-27-28-22(29-20)23(14-15-23)21(25)26/h16-17H,4-15H2,1-3H3,(H3,26,27);13-14,17H,3-12,15-16H2,1-2H3,(H3,25,26);13-14,17H,3-12,15-16H2,1-2H3,(H3,25,26);12-13,16H,2-11,14-15H2,1H3,(H3,25,26). The maximum absolute atomic E-state index is 14.4. The van der Waals surface area contributed by atoms with Gasteiger partial charge in [-0.2, -0.15) is 0 Å². The van der Waals surface area contributed by atoms with Crippen molar-refractivity contribution in [1.82, 2.24) is 40.8 Å². The van der Waals surface area contributed by atoms with Gasteiger partial charge in [0.05, 0.1) is 38.0 Å². The Hall–Kier alpha value is -9.35. The molecule has 120 heavy (non-hydrogen) atoms. The minimum atomic E-state index is -0.629. The number of methoxy groups -OCH3 is 3. The highest BCUT2D eigenvalue weighted by atomic mass is 19.1. The molecule has 0 amide bonds. The number of benzene rings is 4. The number of aromatic nitrogens is 8. The molecule has 0 aliphatic heterocycles. The van der Waals surface area contributed by atoms with Gasteiger partial charge < -0.3 is 54.8 Å². The Labute approximate surface area is 714 Å². The quantitative estimate of drug-likeness (QED) is 0.00997. The maximum Gasteiger partial charge on any atom is 0.251 e. The van der Waals surface area contributed by atoms with Gasteiger partial charge in [0.15, 0.2) is 0 Å². The minimum absolute atomic E-state index is 0.0345. The Morgan fingerprint density at radius 1 is 0.317 bits per heavy atom. The zero-order chi connectivity index (χ0) is 85.8. The first-order valence-corrected chi connectivity index (χ1v) is 45.8. The third-order valence-corrected chi connectivity index (χ3v) is 24.8. The van der Waals surface area contributed by atoms with Crippen molar-refractivity contribution in [2.75, 3.05) is 21.3 Å². The molecule has 4 saturated carbocycles. The summed E-state index contributed by atoms with van der Waals surface area (Å²) < 4.78 is 54.6. The van der Waals surface area contributed by atoms with E-state index in [1.54, 1.807) is 21.3 Å². The van der Waals surface area contributed by atoms with E-state index >= 15 is 0 Å². The van der Waals surface area contributed by atoms with Crippen LogP contribution in [-0.2, 0) is 47.3 Å². The largest absolute Gasteiger partial charge is 0.496 e. The first kappa shape index (κ1) is 94.5. The Morgan fingerprint density at radius 2 is 0.583 bits per heavy atom. The van der Waals surface area contributed by atoms with Crippen molar-refractivity contribution in [3.05, 3.63) is 124 Å². The van der Waals surface area contributed by atoms with Crippen molar-refractivity contribution in [1.29, 1.82) is 21.6 Å². The summed E-state index contributed by atoms with van der Waals surface area (Å²) in [5, 5.41) is 64.6. The summed E-state index contributed by atoms with van der Waals surface area (Å²) in [5.74, 6) is 5.33. The van der Waals surface area contributed by atoms with Crippen molar-refractivity contribution in [2.45, 2.75) is 364 Å². The van der Waals surface area contributed by atoms with Crippen LogP contribution in [0.1, 0.15) is 362 Å². The fourth-order valence-electron chi connectivity index (χ4n) is 15.9. The predicted octanol–water partition coefficient (Wildman–Crippen LogP) is 23.6. The topological polar surface area (TPSA) is 383 Å². The molecular formula is C96H143FN16O7. The minimum Gasteiger partial charge on any atom is -0.496 e. The van der Waals surface area contributed by atoms with Crippen LogP contribution in [0.5, 0.6) is 17.2 Å². The molecule has 656 valence electrons. The predicted molar refractivity (Wildman–Crippen MR) is 478 cm³/mol. The van der Waals surface area contributed by atoms with Crippen LogP contribution in [0.15, 0.2) is 84.4 Å². The summed E-state index contributed by atoms with van der Waals surface area (Å²) in [6.45, 7) is 11.1. The van der Waals surface area contributed by atoms with Crippen LogP contribution < -0.4 is 37.1 Å². The average molecular weight is 1650 g/mol. The molecular weight excluding hydrogens is 1510 g/mol. The van der Waals surface area contributed by atoms with Crippen LogP contribution in [0.3, 0.4) is 0 Å². The van der Waals surface area contributed by atoms with E-state index in [1.165, 1.54) is 236 Å². The van der Waals surface area contributed by atoms with Crippen molar-refractivity contribution < 1.29 is 36.3 Å².